The number of nitrogens with one attached hydrogen (secondary N) is 2. The van der Waals surface area contributed by atoms with Crippen molar-refractivity contribution >= 4 is 11.7 Å². The molecule has 17 heavy (non-hydrogen) atoms. The third-order valence-electron chi connectivity index (χ3n) is 2.42. The molecule has 1 aromatic heterocycles. The second kappa shape index (κ2) is 5.85. The van der Waals surface area contributed by atoms with Crippen LogP contribution in [0.15, 0.2) is 18.3 Å². The first-order chi connectivity index (χ1) is 8.10. The maximum atomic E-state index is 11.7. The number of nitriles is 1. The Bertz CT molecular complexity index is 436. The molecular weight excluding hydrogens is 216 g/mol. The number of hydrogen-bond acceptors (Lipinski definition) is 4. The Morgan fingerprint density at radius 1 is 1.53 bits per heavy atom. The summed E-state index contributed by atoms with van der Waals surface area (Å²) in [5.41, 5.74) is 0.432. The van der Waals surface area contributed by atoms with Gasteiger partial charge in [-0.3, -0.25) is 4.79 Å². The van der Waals surface area contributed by atoms with E-state index in [0.29, 0.717) is 11.4 Å². The second-order valence-electron chi connectivity index (χ2n) is 3.99. The first kappa shape index (κ1) is 13.0. The summed E-state index contributed by atoms with van der Waals surface area (Å²) in [6, 6.07) is 4.99. The number of pyridine rings is 1. The Kier molecular flexibility index (Phi) is 4.46. The third kappa shape index (κ3) is 3.18. The lowest BCUT2D eigenvalue weighted by atomic mass is 10.0. The second-order valence-corrected chi connectivity index (χ2v) is 3.99. The fourth-order valence-electron chi connectivity index (χ4n) is 1.45. The van der Waals surface area contributed by atoms with Crippen LogP contribution < -0.4 is 10.6 Å². The lowest BCUT2D eigenvalue weighted by molar-refractivity contribution is -0.122. The summed E-state index contributed by atoms with van der Waals surface area (Å²) in [5, 5.41) is 14.5. The van der Waals surface area contributed by atoms with E-state index in [0.717, 1.165) is 0 Å². The van der Waals surface area contributed by atoms with Gasteiger partial charge in [0.2, 0.25) is 5.91 Å². The van der Waals surface area contributed by atoms with E-state index in [9.17, 15) is 4.79 Å². The van der Waals surface area contributed by atoms with Gasteiger partial charge in [0, 0.05) is 13.2 Å². The highest BCUT2D eigenvalue weighted by Gasteiger charge is 2.22. The number of carbonyl (C=O) groups is 1. The maximum Gasteiger partial charge on any atom is 0.242 e. The fraction of sp³-hybridized carbons (Fsp3) is 0.417. The molecule has 5 nitrogen and oxygen atoms in total. The van der Waals surface area contributed by atoms with Crippen molar-refractivity contribution < 1.29 is 4.79 Å². The Balaban J connectivity index is 2.94. The molecule has 1 unspecified atom stereocenters. The van der Waals surface area contributed by atoms with E-state index in [1.54, 1.807) is 25.4 Å². The van der Waals surface area contributed by atoms with E-state index >= 15 is 0 Å². The van der Waals surface area contributed by atoms with Gasteiger partial charge in [0.25, 0.3) is 0 Å². The number of nitrogens with zero attached hydrogens (tertiary/aromatic N) is 2. The molecule has 1 heterocycles. The van der Waals surface area contributed by atoms with Crippen LogP contribution in [-0.2, 0) is 4.79 Å². The van der Waals surface area contributed by atoms with Gasteiger partial charge in [-0.05, 0) is 18.1 Å². The number of likely N-dealkylation sites (N-methyl/N-ethyl adjacent to an activating group) is 1. The topological polar surface area (TPSA) is 77.8 Å². The Morgan fingerprint density at radius 2 is 2.24 bits per heavy atom. The quantitative estimate of drug-likeness (QED) is 0.816. The molecule has 5 heteroatoms. The van der Waals surface area contributed by atoms with Crippen LogP contribution >= 0.6 is 0 Å². The summed E-state index contributed by atoms with van der Waals surface area (Å²) in [6.45, 7) is 3.86. The van der Waals surface area contributed by atoms with Gasteiger partial charge in [-0.1, -0.05) is 13.8 Å². The zero-order chi connectivity index (χ0) is 12.8. The van der Waals surface area contributed by atoms with Crippen molar-refractivity contribution in [2.75, 3.05) is 12.4 Å². The summed E-state index contributed by atoms with van der Waals surface area (Å²) in [4.78, 5) is 15.7. The fourth-order valence-corrected chi connectivity index (χ4v) is 1.45. The van der Waals surface area contributed by atoms with Crippen molar-refractivity contribution in [2.24, 2.45) is 5.92 Å². The van der Waals surface area contributed by atoms with E-state index in [1.807, 2.05) is 19.9 Å². The summed E-state index contributed by atoms with van der Waals surface area (Å²) in [6.07, 6.45) is 1.59. The summed E-state index contributed by atoms with van der Waals surface area (Å²) >= 11 is 0. The van der Waals surface area contributed by atoms with Gasteiger partial charge in [-0.2, -0.15) is 5.26 Å². The molecule has 0 aliphatic carbocycles. The number of hydrogen-bond donors (Lipinski definition) is 2. The Labute approximate surface area is 101 Å². The molecule has 0 spiro atoms. The average molecular weight is 232 g/mol. The third-order valence-corrected chi connectivity index (χ3v) is 2.42. The van der Waals surface area contributed by atoms with Crippen LogP contribution in [-0.4, -0.2) is 24.0 Å². The van der Waals surface area contributed by atoms with Crippen LogP contribution in [0.5, 0.6) is 0 Å². The average Bonchev–Trinajstić information content (AvgIpc) is 2.35. The number of rotatable bonds is 4. The lowest BCUT2D eigenvalue weighted by Gasteiger charge is -2.21. The van der Waals surface area contributed by atoms with Gasteiger partial charge >= 0.3 is 0 Å². The number of carbonyl (C=O) groups excluding carboxylic acids is 1. The first-order valence-corrected chi connectivity index (χ1v) is 5.43. The summed E-state index contributed by atoms with van der Waals surface area (Å²) in [7, 11) is 1.59. The van der Waals surface area contributed by atoms with E-state index in [2.05, 4.69) is 15.6 Å². The molecule has 90 valence electrons. The molecule has 1 aromatic rings. The minimum atomic E-state index is -0.401. The van der Waals surface area contributed by atoms with E-state index in [-0.39, 0.29) is 11.8 Å². The summed E-state index contributed by atoms with van der Waals surface area (Å²) in [5.74, 6) is 0.426. The van der Waals surface area contributed by atoms with Crippen LogP contribution in [0.3, 0.4) is 0 Å². The highest BCUT2D eigenvalue weighted by Crippen LogP contribution is 2.14. The number of amides is 1. The largest absolute Gasteiger partial charge is 0.357 e. The lowest BCUT2D eigenvalue weighted by Crippen LogP contribution is -2.41. The van der Waals surface area contributed by atoms with Gasteiger partial charge in [-0.25, -0.2) is 4.98 Å². The minimum Gasteiger partial charge on any atom is -0.357 e. The minimum absolute atomic E-state index is 0.100. The molecule has 2 N–H and O–H groups in total. The Hall–Kier alpha value is -2.09. The van der Waals surface area contributed by atoms with E-state index in [1.165, 1.54) is 0 Å². The van der Waals surface area contributed by atoms with Gasteiger partial charge in [-0.15, -0.1) is 0 Å². The van der Waals surface area contributed by atoms with Crippen LogP contribution in [0.4, 0.5) is 5.82 Å². The van der Waals surface area contributed by atoms with Crippen LogP contribution in [0.2, 0.25) is 0 Å². The van der Waals surface area contributed by atoms with Crippen molar-refractivity contribution in [3.63, 3.8) is 0 Å². The van der Waals surface area contributed by atoms with Crippen LogP contribution in [0, 0.1) is 17.2 Å². The molecule has 0 bridgehead atoms. The van der Waals surface area contributed by atoms with Crippen LogP contribution in [0.1, 0.15) is 19.4 Å². The highest BCUT2D eigenvalue weighted by molar-refractivity contribution is 5.84. The van der Waals surface area contributed by atoms with Crippen LogP contribution in [0.25, 0.3) is 0 Å². The highest BCUT2D eigenvalue weighted by atomic mass is 16.2. The monoisotopic (exact) mass is 232 g/mol. The molecule has 1 atom stereocenters. The van der Waals surface area contributed by atoms with Crippen molar-refractivity contribution in [3.05, 3.63) is 23.9 Å². The smallest absolute Gasteiger partial charge is 0.242 e. The van der Waals surface area contributed by atoms with Crippen molar-refractivity contribution in [1.29, 1.82) is 5.26 Å². The SMILES string of the molecule is CNC(=O)C(Nc1ncccc1C#N)C(C)C. The molecular formula is C12H16N4O. The predicted molar refractivity (Wildman–Crippen MR) is 65.3 cm³/mol. The molecule has 0 fully saturated rings. The van der Waals surface area contributed by atoms with Crippen molar-refractivity contribution in [3.8, 4) is 6.07 Å². The molecule has 0 aliphatic heterocycles. The molecule has 0 saturated heterocycles. The predicted octanol–water partition coefficient (Wildman–Crippen LogP) is 1.14. The zero-order valence-electron chi connectivity index (χ0n) is 10.2. The molecule has 0 radical (unpaired) electrons. The first-order valence-electron chi connectivity index (χ1n) is 5.43. The number of aromatic nitrogens is 1. The maximum absolute atomic E-state index is 11.7. The molecule has 0 aromatic carbocycles. The molecule has 1 rings (SSSR count). The summed E-state index contributed by atoms with van der Waals surface area (Å²) < 4.78 is 0. The van der Waals surface area contributed by atoms with Gasteiger partial charge in [0.15, 0.2) is 0 Å². The van der Waals surface area contributed by atoms with Gasteiger partial charge in [0.05, 0.1) is 5.56 Å². The standard InChI is InChI=1S/C12H16N4O/c1-8(2)10(12(17)14-3)16-11-9(7-13)5-4-6-15-11/h4-6,8,10H,1-3H3,(H,14,17)(H,15,16). The number of anilines is 1. The zero-order valence-corrected chi connectivity index (χ0v) is 10.2. The normalized spacial score (nSPS) is 11.7. The molecule has 0 aliphatic rings. The van der Waals surface area contributed by atoms with Gasteiger partial charge < -0.3 is 10.6 Å². The Morgan fingerprint density at radius 3 is 2.76 bits per heavy atom. The van der Waals surface area contributed by atoms with Crippen molar-refractivity contribution in [1.82, 2.24) is 10.3 Å². The molecule has 0 saturated carbocycles. The molecule has 1 amide bonds. The van der Waals surface area contributed by atoms with E-state index in [4.69, 9.17) is 5.26 Å². The van der Waals surface area contributed by atoms with Gasteiger partial charge in [0.1, 0.15) is 17.9 Å². The van der Waals surface area contributed by atoms with Crippen molar-refractivity contribution in [2.45, 2.75) is 19.9 Å². The van der Waals surface area contributed by atoms with E-state index < -0.39 is 6.04 Å².